The molecule has 3 amide bonds. The lowest BCUT2D eigenvalue weighted by Gasteiger charge is -2.26. The molecular formula is C34H35FN4O6. The number of benzene rings is 3. The number of hydrogen-bond donors (Lipinski definition) is 0. The Morgan fingerprint density at radius 1 is 0.956 bits per heavy atom. The number of rotatable bonds is 11. The Labute approximate surface area is 260 Å². The van der Waals surface area contributed by atoms with Crippen LogP contribution in [0.15, 0.2) is 72.9 Å². The molecule has 3 aromatic carbocycles. The quantitative estimate of drug-likeness (QED) is 0.155. The number of halogens is 1. The third-order valence-corrected chi connectivity index (χ3v) is 8.10. The van der Waals surface area contributed by atoms with E-state index in [2.05, 4.69) is 9.88 Å². The molecule has 234 valence electrons. The van der Waals surface area contributed by atoms with Crippen molar-refractivity contribution in [2.45, 2.75) is 19.4 Å². The fourth-order valence-corrected chi connectivity index (χ4v) is 5.60. The highest BCUT2D eigenvalue weighted by molar-refractivity contribution is 6.19. The van der Waals surface area contributed by atoms with E-state index in [1.54, 1.807) is 31.5 Å². The molecule has 3 heterocycles. The number of pyridine rings is 1. The second-order valence-electron chi connectivity index (χ2n) is 10.9. The smallest absolute Gasteiger partial charge is 0.332 e. The lowest BCUT2D eigenvalue weighted by Crippen LogP contribution is -2.37. The van der Waals surface area contributed by atoms with Crippen molar-refractivity contribution in [1.82, 2.24) is 14.8 Å². The first-order valence-electron chi connectivity index (χ1n) is 15.0. The van der Waals surface area contributed by atoms with E-state index in [9.17, 15) is 9.59 Å². The topological polar surface area (TPSA) is 93.7 Å². The van der Waals surface area contributed by atoms with Crippen molar-refractivity contribution in [2.24, 2.45) is 0 Å². The van der Waals surface area contributed by atoms with Crippen LogP contribution >= 0.6 is 0 Å². The van der Waals surface area contributed by atoms with Gasteiger partial charge in [0.15, 0.2) is 23.1 Å². The molecule has 0 radical (unpaired) electrons. The molecule has 0 saturated carbocycles. The minimum absolute atomic E-state index is 0.0674. The van der Waals surface area contributed by atoms with Gasteiger partial charge in [0.05, 0.1) is 44.2 Å². The predicted molar refractivity (Wildman–Crippen MR) is 167 cm³/mol. The molecule has 2 aliphatic rings. The van der Waals surface area contributed by atoms with Crippen LogP contribution in [0.2, 0.25) is 0 Å². The number of anilines is 1. The molecule has 2 saturated heterocycles. The Hall–Kier alpha value is -4.74. The van der Waals surface area contributed by atoms with Crippen molar-refractivity contribution >= 4 is 28.5 Å². The summed E-state index contributed by atoms with van der Waals surface area (Å²) in [4.78, 5) is 35.4. The average molecular weight is 615 g/mol. The van der Waals surface area contributed by atoms with Crippen molar-refractivity contribution in [3.8, 4) is 23.0 Å². The minimum atomic E-state index is -0.722. The first kappa shape index (κ1) is 30.3. The monoisotopic (exact) mass is 614 g/mol. The minimum Gasteiger partial charge on any atom is -0.493 e. The van der Waals surface area contributed by atoms with Gasteiger partial charge in [0.2, 0.25) is 0 Å². The highest BCUT2D eigenvalue weighted by atomic mass is 19.1. The molecule has 45 heavy (non-hydrogen) atoms. The maximum Gasteiger partial charge on any atom is 0.332 e. The Balaban J connectivity index is 1.16. The lowest BCUT2D eigenvalue weighted by atomic mass is 10.1. The third-order valence-electron chi connectivity index (χ3n) is 8.10. The van der Waals surface area contributed by atoms with Crippen LogP contribution in [0, 0.1) is 5.82 Å². The largest absolute Gasteiger partial charge is 0.493 e. The lowest BCUT2D eigenvalue weighted by molar-refractivity contribution is -0.116. The van der Waals surface area contributed by atoms with E-state index in [0.29, 0.717) is 34.8 Å². The number of imide groups is 1. The summed E-state index contributed by atoms with van der Waals surface area (Å²) < 4.78 is 38.5. The van der Waals surface area contributed by atoms with Crippen molar-refractivity contribution < 1.29 is 32.9 Å². The van der Waals surface area contributed by atoms with Gasteiger partial charge in [-0.2, -0.15) is 0 Å². The zero-order valence-electron chi connectivity index (χ0n) is 25.3. The van der Waals surface area contributed by atoms with Crippen molar-refractivity contribution in [2.75, 3.05) is 58.0 Å². The van der Waals surface area contributed by atoms with Crippen LogP contribution in [0.1, 0.15) is 24.9 Å². The summed E-state index contributed by atoms with van der Waals surface area (Å²) in [5.74, 6) is 0.204. The molecule has 11 heteroatoms. The molecule has 0 bridgehead atoms. The SMILES string of the molecule is COc1cc2c(Oc3ccc(N4C(=O)CN(C(C)c5ccccc5)C4=O)cc3F)ccnc2cc1OCCCN1CCOCC1. The van der Waals surface area contributed by atoms with Gasteiger partial charge < -0.3 is 23.8 Å². The van der Waals surface area contributed by atoms with Crippen LogP contribution < -0.4 is 19.1 Å². The molecule has 4 aromatic rings. The van der Waals surface area contributed by atoms with Gasteiger partial charge in [-0.3, -0.25) is 14.7 Å². The van der Waals surface area contributed by atoms with Crippen LogP contribution in [0.5, 0.6) is 23.0 Å². The number of fused-ring (bicyclic) bond motifs is 1. The van der Waals surface area contributed by atoms with Gasteiger partial charge in [-0.15, -0.1) is 0 Å². The first-order valence-corrected chi connectivity index (χ1v) is 15.0. The second-order valence-corrected chi connectivity index (χ2v) is 10.9. The Bertz CT molecular complexity index is 1680. The van der Waals surface area contributed by atoms with Crippen LogP contribution in [0.25, 0.3) is 10.9 Å². The normalized spacial score (nSPS) is 16.3. The number of morpholine rings is 1. The number of urea groups is 1. The number of methoxy groups -OCH3 is 1. The van der Waals surface area contributed by atoms with E-state index >= 15 is 4.39 Å². The Morgan fingerprint density at radius 2 is 1.76 bits per heavy atom. The molecule has 1 unspecified atom stereocenters. The standard InChI is InChI=1S/C34H35FN4O6/c1-23(24-7-4-3-5-8-24)38-22-33(40)39(34(38)41)25-9-10-30(27(35)19-25)45-29-11-12-36-28-21-32(31(42-2)20-26(28)29)44-16-6-13-37-14-17-43-18-15-37/h3-5,7-12,19-21,23H,6,13-18,22H2,1-2H3. The predicted octanol–water partition coefficient (Wildman–Crippen LogP) is 5.81. The number of ether oxygens (including phenoxy) is 4. The molecular weight excluding hydrogens is 579 g/mol. The van der Waals surface area contributed by atoms with Gasteiger partial charge in [-0.25, -0.2) is 14.1 Å². The second kappa shape index (κ2) is 13.5. The maximum absolute atomic E-state index is 15.4. The number of aromatic nitrogens is 1. The number of carbonyl (C=O) groups is 2. The molecule has 0 aliphatic carbocycles. The van der Waals surface area contributed by atoms with E-state index in [1.165, 1.54) is 17.0 Å². The van der Waals surface area contributed by atoms with Crippen LogP contribution in [0.3, 0.4) is 0 Å². The molecule has 6 rings (SSSR count). The Morgan fingerprint density at radius 3 is 2.51 bits per heavy atom. The van der Waals surface area contributed by atoms with Gasteiger partial charge in [0, 0.05) is 43.4 Å². The summed E-state index contributed by atoms with van der Waals surface area (Å²) in [7, 11) is 1.56. The van der Waals surface area contributed by atoms with E-state index in [-0.39, 0.29) is 24.0 Å². The summed E-state index contributed by atoms with van der Waals surface area (Å²) in [5, 5.41) is 0.605. The van der Waals surface area contributed by atoms with E-state index in [1.807, 2.05) is 37.3 Å². The number of nitrogens with zero attached hydrogens (tertiary/aromatic N) is 4. The van der Waals surface area contributed by atoms with E-state index in [4.69, 9.17) is 18.9 Å². The molecule has 2 aliphatic heterocycles. The summed E-state index contributed by atoms with van der Waals surface area (Å²) in [6.45, 7) is 6.56. The van der Waals surface area contributed by atoms with Gasteiger partial charge in [-0.05, 0) is 43.2 Å². The number of hydrogen-bond acceptors (Lipinski definition) is 8. The molecule has 1 aromatic heterocycles. The summed E-state index contributed by atoms with van der Waals surface area (Å²) in [6, 6.07) is 17.8. The first-order chi connectivity index (χ1) is 21.9. The Kier molecular flexibility index (Phi) is 9.08. The van der Waals surface area contributed by atoms with Crippen LogP contribution in [0.4, 0.5) is 14.9 Å². The van der Waals surface area contributed by atoms with Crippen molar-refractivity contribution in [3.05, 3.63) is 84.3 Å². The van der Waals surface area contributed by atoms with Crippen molar-refractivity contribution in [1.29, 1.82) is 0 Å². The van der Waals surface area contributed by atoms with Gasteiger partial charge in [0.25, 0.3) is 5.91 Å². The van der Waals surface area contributed by atoms with Gasteiger partial charge >= 0.3 is 6.03 Å². The van der Waals surface area contributed by atoms with Crippen LogP contribution in [-0.4, -0.2) is 79.8 Å². The molecule has 1 atom stereocenters. The van der Waals surface area contributed by atoms with Gasteiger partial charge in [0.1, 0.15) is 12.3 Å². The van der Waals surface area contributed by atoms with E-state index < -0.39 is 17.8 Å². The highest BCUT2D eigenvalue weighted by Gasteiger charge is 2.40. The number of carbonyl (C=O) groups excluding carboxylic acids is 2. The zero-order valence-corrected chi connectivity index (χ0v) is 25.3. The molecule has 2 fully saturated rings. The highest BCUT2D eigenvalue weighted by Crippen LogP contribution is 2.38. The van der Waals surface area contributed by atoms with Crippen molar-refractivity contribution in [3.63, 3.8) is 0 Å². The van der Waals surface area contributed by atoms with Gasteiger partial charge in [-0.1, -0.05) is 30.3 Å². The zero-order chi connectivity index (χ0) is 31.3. The fourth-order valence-electron chi connectivity index (χ4n) is 5.60. The molecule has 0 spiro atoms. The third kappa shape index (κ3) is 6.54. The average Bonchev–Trinajstić information content (AvgIpc) is 3.37. The maximum atomic E-state index is 15.4. The fraction of sp³-hybridized carbons (Fsp3) is 0.324. The number of amides is 3. The summed E-state index contributed by atoms with van der Waals surface area (Å²) in [6.07, 6.45) is 2.43. The summed E-state index contributed by atoms with van der Waals surface area (Å²) >= 11 is 0. The van der Waals surface area contributed by atoms with E-state index in [0.717, 1.165) is 55.8 Å². The summed E-state index contributed by atoms with van der Waals surface area (Å²) in [5.41, 5.74) is 1.63. The molecule has 10 nitrogen and oxygen atoms in total. The van der Waals surface area contributed by atoms with Crippen LogP contribution in [-0.2, 0) is 9.53 Å². The molecule has 0 N–H and O–H groups in total.